The second-order valence-corrected chi connectivity index (χ2v) is 4.78. The Balaban J connectivity index is 2.12. The predicted molar refractivity (Wildman–Crippen MR) is 79.0 cm³/mol. The van der Waals surface area contributed by atoms with Crippen LogP contribution in [-0.2, 0) is 0 Å². The molecule has 0 unspecified atom stereocenters. The molecule has 1 aromatic heterocycles. The van der Waals surface area contributed by atoms with E-state index < -0.39 is 0 Å². The van der Waals surface area contributed by atoms with Crippen LogP contribution in [0.15, 0.2) is 42.5 Å². The van der Waals surface area contributed by atoms with E-state index in [0.29, 0.717) is 22.2 Å². The summed E-state index contributed by atoms with van der Waals surface area (Å²) in [5.41, 5.74) is 1.19. The van der Waals surface area contributed by atoms with Gasteiger partial charge in [-0.15, -0.1) is 10.2 Å². The number of halogens is 2. The molecule has 20 heavy (non-hydrogen) atoms. The summed E-state index contributed by atoms with van der Waals surface area (Å²) in [6.07, 6.45) is 0. The Morgan fingerprint density at radius 3 is 2.55 bits per heavy atom. The largest absolute Gasteiger partial charge is 0.338 e. The highest BCUT2D eigenvalue weighted by molar-refractivity contribution is 6.34. The van der Waals surface area contributed by atoms with Crippen LogP contribution >= 0.6 is 11.6 Å². The van der Waals surface area contributed by atoms with E-state index in [-0.39, 0.29) is 5.82 Å². The van der Waals surface area contributed by atoms with Crippen LogP contribution in [0.3, 0.4) is 0 Å². The summed E-state index contributed by atoms with van der Waals surface area (Å²) in [5, 5.41) is 13.1. The first-order valence-electron chi connectivity index (χ1n) is 6.10. The van der Waals surface area contributed by atoms with Crippen LogP contribution in [0.1, 0.15) is 5.56 Å². The van der Waals surface area contributed by atoms with Gasteiger partial charge in [-0.3, -0.25) is 0 Å². The monoisotopic (exact) mass is 287 g/mol. The zero-order valence-electron chi connectivity index (χ0n) is 10.7. The van der Waals surface area contributed by atoms with Crippen molar-refractivity contribution in [2.24, 2.45) is 0 Å². The number of anilines is 2. The molecule has 5 heteroatoms. The van der Waals surface area contributed by atoms with E-state index in [1.165, 1.54) is 6.07 Å². The second kappa shape index (κ2) is 5.06. The van der Waals surface area contributed by atoms with Crippen LogP contribution in [0.4, 0.5) is 15.9 Å². The molecule has 0 fully saturated rings. The maximum Gasteiger partial charge on any atom is 0.161 e. The topological polar surface area (TPSA) is 37.8 Å². The summed E-state index contributed by atoms with van der Waals surface area (Å²) in [5.74, 6) is 0.292. The molecule has 0 radical (unpaired) electrons. The number of aromatic nitrogens is 2. The van der Waals surface area contributed by atoms with Crippen molar-refractivity contribution in [3.63, 3.8) is 0 Å². The first kappa shape index (κ1) is 12.8. The van der Waals surface area contributed by atoms with Gasteiger partial charge in [-0.25, -0.2) is 4.39 Å². The van der Waals surface area contributed by atoms with Gasteiger partial charge < -0.3 is 5.32 Å². The summed E-state index contributed by atoms with van der Waals surface area (Å²) >= 11 is 6.03. The van der Waals surface area contributed by atoms with E-state index in [4.69, 9.17) is 11.6 Å². The van der Waals surface area contributed by atoms with Crippen LogP contribution in [-0.4, -0.2) is 10.2 Å². The van der Waals surface area contributed by atoms with Crippen molar-refractivity contribution >= 4 is 33.9 Å². The van der Waals surface area contributed by atoms with Gasteiger partial charge in [0.05, 0.1) is 0 Å². The third kappa shape index (κ3) is 2.18. The Hall–Kier alpha value is -2.20. The van der Waals surface area contributed by atoms with Crippen LogP contribution in [0.2, 0.25) is 5.15 Å². The van der Waals surface area contributed by atoms with Crippen LogP contribution in [0, 0.1) is 12.7 Å². The molecule has 100 valence electrons. The highest BCUT2D eigenvalue weighted by Crippen LogP contribution is 2.29. The van der Waals surface area contributed by atoms with Crippen molar-refractivity contribution in [2.75, 3.05) is 5.32 Å². The minimum Gasteiger partial charge on any atom is -0.338 e. The molecule has 1 heterocycles. The molecule has 3 nitrogen and oxygen atoms in total. The molecule has 0 spiro atoms. The van der Waals surface area contributed by atoms with Crippen molar-refractivity contribution in [2.45, 2.75) is 6.92 Å². The number of fused-ring (bicyclic) bond motifs is 1. The van der Waals surface area contributed by atoms with Gasteiger partial charge in [-0.1, -0.05) is 41.9 Å². The zero-order valence-corrected chi connectivity index (χ0v) is 11.4. The fraction of sp³-hybridized carbons (Fsp3) is 0.0667. The van der Waals surface area contributed by atoms with Gasteiger partial charge in [0.15, 0.2) is 11.0 Å². The van der Waals surface area contributed by atoms with Crippen molar-refractivity contribution in [1.29, 1.82) is 0 Å². The lowest BCUT2D eigenvalue weighted by Crippen LogP contribution is -2.00. The molecule has 0 saturated carbocycles. The predicted octanol–water partition coefficient (Wildman–Crippen LogP) is 4.47. The lowest BCUT2D eigenvalue weighted by molar-refractivity contribution is 0.619. The summed E-state index contributed by atoms with van der Waals surface area (Å²) in [6.45, 7) is 1.71. The molecule has 3 rings (SSSR count). The van der Waals surface area contributed by atoms with Gasteiger partial charge in [0, 0.05) is 22.0 Å². The average Bonchev–Trinajstić information content (AvgIpc) is 2.47. The lowest BCUT2D eigenvalue weighted by Gasteiger charge is -2.11. The Morgan fingerprint density at radius 1 is 1.00 bits per heavy atom. The normalized spacial score (nSPS) is 10.8. The van der Waals surface area contributed by atoms with Gasteiger partial charge in [0.2, 0.25) is 0 Å². The number of benzene rings is 2. The van der Waals surface area contributed by atoms with Crippen LogP contribution < -0.4 is 5.32 Å². The van der Waals surface area contributed by atoms with E-state index in [0.717, 1.165) is 10.8 Å². The summed E-state index contributed by atoms with van der Waals surface area (Å²) in [4.78, 5) is 0. The molecular formula is C15H11ClFN3. The SMILES string of the molecule is Cc1c(F)cccc1Nc1nnc(Cl)c2ccccc12. The molecule has 2 aromatic carbocycles. The maximum absolute atomic E-state index is 13.6. The lowest BCUT2D eigenvalue weighted by atomic mass is 10.1. The fourth-order valence-corrected chi connectivity index (χ4v) is 2.24. The number of nitrogens with zero attached hydrogens (tertiary/aromatic N) is 2. The van der Waals surface area contributed by atoms with Crippen LogP contribution in [0.25, 0.3) is 10.8 Å². The maximum atomic E-state index is 13.6. The molecule has 3 aromatic rings. The van der Waals surface area contributed by atoms with Crippen molar-refractivity contribution < 1.29 is 4.39 Å². The molecule has 0 aliphatic rings. The van der Waals surface area contributed by atoms with E-state index in [1.54, 1.807) is 19.1 Å². The molecule has 0 bridgehead atoms. The number of rotatable bonds is 2. The smallest absolute Gasteiger partial charge is 0.161 e. The third-order valence-corrected chi connectivity index (χ3v) is 3.44. The minimum atomic E-state index is -0.263. The highest BCUT2D eigenvalue weighted by atomic mass is 35.5. The number of nitrogens with one attached hydrogen (secondary N) is 1. The van der Waals surface area contributed by atoms with Crippen molar-refractivity contribution in [3.05, 3.63) is 59.0 Å². The molecule has 1 N–H and O–H groups in total. The molecule has 0 aliphatic carbocycles. The molecular weight excluding hydrogens is 277 g/mol. The minimum absolute atomic E-state index is 0.263. The Morgan fingerprint density at radius 2 is 1.75 bits per heavy atom. The van der Waals surface area contributed by atoms with Gasteiger partial charge in [-0.2, -0.15) is 0 Å². The highest BCUT2D eigenvalue weighted by Gasteiger charge is 2.09. The standard InChI is InChI=1S/C15H11ClFN3/c1-9-12(17)7-4-8-13(9)18-15-11-6-3-2-5-10(11)14(16)19-20-15/h2-8H,1H3,(H,18,20). The van der Waals surface area contributed by atoms with E-state index in [1.807, 2.05) is 24.3 Å². The zero-order chi connectivity index (χ0) is 14.1. The van der Waals surface area contributed by atoms with Gasteiger partial charge in [-0.05, 0) is 19.1 Å². The fourth-order valence-electron chi connectivity index (χ4n) is 2.03. The van der Waals surface area contributed by atoms with Gasteiger partial charge in [0.1, 0.15) is 5.82 Å². The molecule has 0 amide bonds. The average molecular weight is 288 g/mol. The molecule has 0 saturated heterocycles. The Labute approximate surface area is 120 Å². The van der Waals surface area contributed by atoms with Crippen molar-refractivity contribution in [3.8, 4) is 0 Å². The summed E-state index contributed by atoms with van der Waals surface area (Å²) < 4.78 is 13.6. The molecule has 0 atom stereocenters. The van der Waals surface area contributed by atoms with E-state index in [2.05, 4.69) is 15.5 Å². The third-order valence-electron chi connectivity index (χ3n) is 3.16. The number of hydrogen-bond acceptors (Lipinski definition) is 3. The first-order chi connectivity index (χ1) is 9.66. The van der Waals surface area contributed by atoms with Gasteiger partial charge in [0.25, 0.3) is 0 Å². The first-order valence-corrected chi connectivity index (χ1v) is 6.47. The summed E-state index contributed by atoms with van der Waals surface area (Å²) in [6, 6.07) is 12.4. The van der Waals surface area contributed by atoms with Crippen molar-refractivity contribution in [1.82, 2.24) is 10.2 Å². The van der Waals surface area contributed by atoms with E-state index >= 15 is 0 Å². The summed E-state index contributed by atoms with van der Waals surface area (Å²) in [7, 11) is 0. The molecule has 0 aliphatic heterocycles. The second-order valence-electron chi connectivity index (χ2n) is 4.42. The number of hydrogen-bond donors (Lipinski definition) is 1. The van der Waals surface area contributed by atoms with E-state index in [9.17, 15) is 4.39 Å². The van der Waals surface area contributed by atoms with Crippen LogP contribution in [0.5, 0.6) is 0 Å². The Bertz CT molecular complexity index is 789. The Kier molecular flexibility index (Phi) is 3.24. The quantitative estimate of drug-likeness (QED) is 0.755. The van der Waals surface area contributed by atoms with Gasteiger partial charge >= 0.3 is 0 Å².